The van der Waals surface area contributed by atoms with E-state index in [2.05, 4.69) is 21.8 Å². The molecule has 0 unspecified atom stereocenters. The maximum Gasteiger partial charge on any atom is 0.164 e. The average molecular weight is 241 g/mol. The maximum absolute atomic E-state index is 5.61. The Bertz CT molecular complexity index is 332. The van der Waals surface area contributed by atoms with E-state index in [1.165, 1.54) is 32.1 Å². The van der Waals surface area contributed by atoms with Gasteiger partial charge in [0.05, 0.1) is 13.1 Å². The van der Waals surface area contributed by atoms with Crippen LogP contribution in [0.15, 0.2) is 0 Å². The summed E-state index contributed by atoms with van der Waals surface area (Å²) in [6.45, 7) is 1.31. The number of tetrazole rings is 1. The normalized spacial score (nSPS) is 19.9. The van der Waals surface area contributed by atoms with Gasteiger partial charge in [-0.05, 0) is 29.5 Å². The zero-order chi connectivity index (χ0) is 11.4. The topological polar surface area (TPSA) is 69.6 Å². The van der Waals surface area contributed by atoms with Crippen molar-refractivity contribution in [1.82, 2.24) is 20.2 Å². The number of nitrogens with zero attached hydrogens (tertiary/aromatic N) is 4. The largest absolute Gasteiger partial charge is 0.324 e. The molecule has 16 heavy (non-hydrogen) atoms. The van der Waals surface area contributed by atoms with Gasteiger partial charge < -0.3 is 5.73 Å². The number of thioether (sulfide) groups is 1. The molecule has 1 saturated carbocycles. The third kappa shape index (κ3) is 2.38. The van der Waals surface area contributed by atoms with Gasteiger partial charge in [-0.2, -0.15) is 11.8 Å². The predicted molar refractivity (Wildman–Crippen MR) is 65.0 cm³/mol. The van der Waals surface area contributed by atoms with E-state index in [1.54, 1.807) is 0 Å². The summed E-state index contributed by atoms with van der Waals surface area (Å²) in [7, 11) is 0. The summed E-state index contributed by atoms with van der Waals surface area (Å²) >= 11 is 1.95. The van der Waals surface area contributed by atoms with Gasteiger partial charge in [0.15, 0.2) is 5.82 Å². The highest BCUT2D eigenvalue weighted by Crippen LogP contribution is 2.39. The number of aromatic nitrogens is 4. The molecule has 1 heterocycles. The zero-order valence-electron chi connectivity index (χ0n) is 9.72. The number of hydrogen-bond acceptors (Lipinski definition) is 5. The average Bonchev–Trinajstić information content (AvgIpc) is 2.77. The molecular weight excluding hydrogens is 222 g/mol. The Morgan fingerprint density at radius 1 is 1.38 bits per heavy atom. The van der Waals surface area contributed by atoms with Crippen LogP contribution in [-0.4, -0.2) is 31.2 Å². The summed E-state index contributed by atoms with van der Waals surface area (Å²) in [5.74, 6) is 0.791. The first-order chi connectivity index (χ1) is 7.79. The molecule has 1 aromatic heterocycles. The van der Waals surface area contributed by atoms with E-state index in [0.29, 0.717) is 11.3 Å². The van der Waals surface area contributed by atoms with Crippen LogP contribution >= 0.6 is 11.8 Å². The van der Waals surface area contributed by atoms with Crippen molar-refractivity contribution in [3.8, 4) is 0 Å². The molecule has 1 aliphatic rings. The van der Waals surface area contributed by atoms with Gasteiger partial charge in [0.1, 0.15) is 0 Å². The van der Waals surface area contributed by atoms with Gasteiger partial charge in [-0.15, -0.1) is 5.10 Å². The van der Waals surface area contributed by atoms with Crippen molar-refractivity contribution in [3.63, 3.8) is 0 Å². The third-order valence-electron chi connectivity index (χ3n) is 3.42. The monoisotopic (exact) mass is 241 g/mol. The molecule has 1 fully saturated rings. The maximum atomic E-state index is 5.61. The molecule has 1 aromatic rings. The molecule has 90 valence electrons. The first-order valence-electron chi connectivity index (χ1n) is 5.80. The van der Waals surface area contributed by atoms with Crippen LogP contribution in [0.2, 0.25) is 0 Å². The van der Waals surface area contributed by atoms with Crippen molar-refractivity contribution >= 4 is 11.8 Å². The fraction of sp³-hybridized carbons (Fsp3) is 0.900. The van der Waals surface area contributed by atoms with Crippen LogP contribution in [0.4, 0.5) is 0 Å². The lowest BCUT2D eigenvalue weighted by Crippen LogP contribution is -2.34. The Balaban J connectivity index is 2.11. The summed E-state index contributed by atoms with van der Waals surface area (Å²) < 4.78 is 2.19. The van der Waals surface area contributed by atoms with E-state index in [-0.39, 0.29) is 0 Å². The third-order valence-corrected chi connectivity index (χ3v) is 4.83. The first kappa shape index (κ1) is 11.9. The van der Waals surface area contributed by atoms with Crippen molar-refractivity contribution in [1.29, 1.82) is 0 Å². The van der Waals surface area contributed by atoms with E-state index < -0.39 is 0 Å². The smallest absolute Gasteiger partial charge is 0.164 e. The minimum Gasteiger partial charge on any atom is -0.324 e. The quantitative estimate of drug-likeness (QED) is 0.857. The second kappa shape index (κ2) is 5.14. The molecule has 6 heteroatoms. The lowest BCUT2D eigenvalue weighted by Gasteiger charge is -2.35. The minimum atomic E-state index is 0.317. The van der Waals surface area contributed by atoms with Gasteiger partial charge in [0.25, 0.3) is 0 Å². The van der Waals surface area contributed by atoms with Crippen LogP contribution < -0.4 is 5.73 Å². The van der Waals surface area contributed by atoms with E-state index >= 15 is 0 Å². The molecule has 0 spiro atoms. The second-order valence-corrected chi connectivity index (χ2v) is 5.68. The van der Waals surface area contributed by atoms with Crippen molar-refractivity contribution in [2.24, 2.45) is 5.73 Å². The number of hydrogen-bond donors (Lipinski definition) is 1. The molecule has 0 aromatic carbocycles. The van der Waals surface area contributed by atoms with Gasteiger partial charge in [-0.3, -0.25) is 0 Å². The van der Waals surface area contributed by atoms with Gasteiger partial charge in [0, 0.05) is 4.75 Å². The van der Waals surface area contributed by atoms with Gasteiger partial charge in [-0.1, -0.05) is 19.3 Å². The molecule has 2 rings (SSSR count). The minimum absolute atomic E-state index is 0.317. The van der Waals surface area contributed by atoms with Crippen LogP contribution in [-0.2, 0) is 13.1 Å². The number of rotatable bonds is 4. The fourth-order valence-electron chi connectivity index (χ4n) is 2.39. The Morgan fingerprint density at radius 2 is 2.12 bits per heavy atom. The van der Waals surface area contributed by atoms with Crippen molar-refractivity contribution in [3.05, 3.63) is 5.82 Å². The van der Waals surface area contributed by atoms with Crippen LogP contribution in [0.3, 0.4) is 0 Å². The Hall–Kier alpha value is -0.620. The van der Waals surface area contributed by atoms with Crippen LogP contribution in [0.25, 0.3) is 0 Å². The van der Waals surface area contributed by atoms with E-state index in [0.717, 1.165) is 12.4 Å². The molecule has 1 aliphatic carbocycles. The summed E-state index contributed by atoms with van der Waals surface area (Å²) in [4.78, 5) is 0. The first-order valence-corrected chi connectivity index (χ1v) is 7.02. The van der Waals surface area contributed by atoms with Crippen LogP contribution in [0.1, 0.15) is 37.9 Å². The molecule has 0 atom stereocenters. The SMILES string of the molecule is CSC1(Cn2nnnc2CN)CCCCC1. The van der Waals surface area contributed by atoms with E-state index in [1.807, 2.05) is 16.4 Å². The van der Waals surface area contributed by atoms with E-state index in [9.17, 15) is 0 Å². The van der Waals surface area contributed by atoms with Gasteiger partial charge in [-0.25, -0.2) is 4.68 Å². The van der Waals surface area contributed by atoms with Crippen molar-refractivity contribution in [2.75, 3.05) is 6.26 Å². The summed E-state index contributed by atoms with van der Waals surface area (Å²) in [5, 5.41) is 11.7. The molecule has 0 bridgehead atoms. The molecular formula is C10H19N5S. The van der Waals surface area contributed by atoms with Crippen LogP contribution in [0.5, 0.6) is 0 Å². The molecule has 2 N–H and O–H groups in total. The highest BCUT2D eigenvalue weighted by atomic mass is 32.2. The molecule has 0 radical (unpaired) electrons. The zero-order valence-corrected chi connectivity index (χ0v) is 10.5. The predicted octanol–water partition coefficient (Wildman–Crippen LogP) is 1.20. The fourth-order valence-corrected chi connectivity index (χ4v) is 3.34. The Labute approximate surface area is 100 Å². The van der Waals surface area contributed by atoms with Crippen LogP contribution in [0, 0.1) is 0 Å². The van der Waals surface area contributed by atoms with Gasteiger partial charge >= 0.3 is 0 Å². The molecule has 0 saturated heterocycles. The highest BCUT2D eigenvalue weighted by Gasteiger charge is 2.32. The lowest BCUT2D eigenvalue weighted by atomic mass is 9.88. The summed E-state index contributed by atoms with van der Waals surface area (Å²) in [6.07, 6.45) is 8.72. The number of nitrogens with two attached hydrogens (primary N) is 1. The highest BCUT2D eigenvalue weighted by molar-refractivity contribution is 8.00. The van der Waals surface area contributed by atoms with Gasteiger partial charge in [0.2, 0.25) is 0 Å². The molecule has 5 nitrogen and oxygen atoms in total. The summed E-state index contributed by atoms with van der Waals surface area (Å²) in [5.41, 5.74) is 5.61. The Morgan fingerprint density at radius 3 is 2.75 bits per heavy atom. The molecule has 0 amide bonds. The van der Waals surface area contributed by atoms with Crippen molar-refractivity contribution in [2.45, 2.75) is 49.9 Å². The Kier molecular flexibility index (Phi) is 3.81. The molecule has 0 aliphatic heterocycles. The standard InChI is InChI=1S/C10H19N5S/c1-16-10(5-3-2-4-6-10)8-15-9(7-11)12-13-14-15/h2-8,11H2,1H3. The van der Waals surface area contributed by atoms with E-state index in [4.69, 9.17) is 5.73 Å². The second-order valence-electron chi connectivity index (χ2n) is 4.40. The summed E-state index contributed by atoms with van der Waals surface area (Å²) in [6, 6.07) is 0. The van der Waals surface area contributed by atoms with Crippen molar-refractivity contribution < 1.29 is 0 Å². The lowest BCUT2D eigenvalue weighted by molar-refractivity contribution is 0.339.